The Hall–Kier alpha value is -2.23. The monoisotopic (exact) mass is 410 g/mol. The molecule has 0 saturated heterocycles. The van der Waals surface area contributed by atoms with E-state index in [0.29, 0.717) is 18.4 Å². The van der Waals surface area contributed by atoms with Gasteiger partial charge in [-0.2, -0.15) is 0 Å². The third-order valence-corrected chi connectivity index (χ3v) is 6.40. The molecule has 0 spiro atoms. The van der Waals surface area contributed by atoms with E-state index in [-0.39, 0.29) is 11.7 Å². The van der Waals surface area contributed by atoms with Crippen LogP contribution in [0.2, 0.25) is 0 Å². The molecule has 0 N–H and O–H groups in total. The molecule has 0 radical (unpaired) electrons. The lowest BCUT2D eigenvalue weighted by Gasteiger charge is -2.29. The molecule has 1 aliphatic rings. The van der Waals surface area contributed by atoms with Crippen molar-refractivity contribution >= 4 is 0 Å². The summed E-state index contributed by atoms with van der Waals surface area (Å²) in [6.07, 6.45) is 12.9. The Morgan fingerprint density at radius 2 is 1.93 bits per heavy atom. The molecule has 30 heavy (non-hydrogen) atoms. The zero-order valence-corrected chi connectivity index (χ0v) is 18.5. The number of pyridine rings is 2. The van der Waals surface area contributed by atoms with E-state index in [1.165, 1.54) is 23.0 Å². The SMILES string of the molecule is C=C(CC)CCc1ccnc(CCC2CCC(c3cc(OCC)ncc3F)CC2)c1. The molecule has 3 nitrogen and oxygen atoms in total. The van der Waals surface area contributed by atoms with Crippen LogP contribution in [0.15, 0.2) is 42.7 Å². The minimum Gasteiger partial charge on any atom is -0.478 e. The molecule has 162 valence electrons. The molecular formula is C26H35FN2O. The maximum absolute atomic E-state index is 14.3. The van der Waals surface area contributed by atoms with Crippen molar-refractivity contribution in [3.63, 3.8) is 0 Å². The predicted octanol–water partition coefficient (Wildman–Crippen LogP) is 6.82. The van der Waals surface area contributed by atoms with E-state index in [1.54, 1.807) is 6.07 Å². The fourth-order valence-corrected chi connectivity index (χ4v) is 4.41. The maximum Gasteiger partial charge on any atom is 0.213 e. The molecule has 0 unspecified atom stereocenters. The van der Waals surface area contributed by atoms with Crippen LogP contribution < -0.4 is 4.74 Å². The second kappa shape index (κ2) is 11.2. The molecule has 4 heteroatoms. The van der Waals surface area contributed by atoms with E-state index in [2.05, 4.69) is 35.6 Å². The van der Waals surface area contributed by atoms with Crippen molar-refractivity contribution in [1.82, 2.24) is 9.97 Å². The number of hydrogen-bond acceptors (Lipinski definition) is 3. The fourth-order valence-electron chi connectivity index (χ4n) is 4.41. The average molecular weight is 411 g/mol. The lowest BCUT2D eigenvalue weighted by atomic mass is 9.77. The second-order valence-electron chi connectivity index (χ2n) is 8.49. The molecule has 1 aliphatic carbocycles. The molecule has 2 heterocycles. The van der Waals surface area contributed by atoms with E-state index >= 15 is 0 Å². The van der Waals surface area contributed by atoms with Crippen LogP contribution in [0.4, 0.5) is 4.39 Å². The summed E-state index contributed by atoms with van der Waals surface area (Å²) in [6, 6.07) is 6.18. The largest absolute Gasteiger partial charge is 0.478 e. The molecule has 1 fully saturated rings. The smallest absolute Gasteiger partial charge is 0.213 e. The first-order valence-corrected chi connectivity index (χ1v) is 11.5. The molecular weight excluding hydrogens is 375 g/mol. The summed E-state index contributed by atoms with van der Waals surface area (Å²) in [4.78, 5) is 8.61. The van der Waals surface area contributed by atoms with E-state index in [9.17, 15) is 4.39 Å². The summed E-state index contributed by atoms with van der Waals surface area (Å²) in [5.74, 6) is 1.30. The second-order valence-corrected chi connectivity index (χ2v) is 8.49. The molecule has 0 aliphatic heterocycles. The van der Waals surface area contributed by atoms with Gasteiger partial charge in [0.1, 0.15) is 5.82 Å². The van der Waals surface area contributed by atoms with Crippen molar-refractivity contribution in [3.8, 4) is 5.88 Å². The third-order valence-electron chi connectivity index (χ3n) is 6.40. The van der Waals surface area contributed by atoms with Crippen molar-refractivity contribution in [1.29, 1.82) is 0 Å². The first-order chi connectivity index (χ1) is 14.6. The highest BCUT2D eigenvalue weighted by Gasteiger charge is 2.25. The summed E-state index contributed by atoms with van der Waals surface area (Å²) < 4.78 is 19.8. The van der Waals surface area contributed by atoms with Crippen LogP contribution in [0.1, 0.15) is 81.5 Å². The highest BCUT2D eigenvalue weighted by atomic mass is 19.1. The minimum atomic E-state index is -0.200. The van der Waals surface area contributed by atoms with Crippen LogP contribution in [0.3, 0.4) is 0 Å². The van der Waals surface area contributed by atoms with Crippen molar-refractivity contribution in [3.05, 3.63) is 65.4 Å². The van der Waals surface area contributed by atoms with Crippen LogP contribution >= 0.6 is 0 Å². The average Bonchev–Trinajstić information content (AvgIpc) is 2.78. The molecule has 3 rings (SSSR count). The van der Waals surface area contributed by atoms with Gasteiger partial charge in [0.2, 0.25) is 5.88 Å². The molecule has 0 amide bonds. The van der Waals surface area contributed by atoms with E-state index in [0.717, 1.165) is 63.4 Å². The van der Waals surface area contributed by atoms with E-state index in [4.69, 9.17) is 4.74 Å². The maximum atomic E-state index is 14.3. The summed E-state index contributed by atoms with van der Waals surface area (Å²) in [5, 5.41) is 0. The Labute approximate surface area is 180 Å². The van der Waals surface area contributed by atoms with Gasteiger partial charge in [-0.25, -0.2) is 9.37 Å². The van der Waals surface area contributed by atoms with Gasteiger partial charge in [-0.1, -0.05) is 19.1 Å². The first-order valence-electron chi connectivity index (χ1n) is 11.5. The molecule has 2 aromatic heterocycles. The standard InChI is InChI=1S/C26H35FN2O/c1-4-19(3)6-7-21-14-15-28-23(16-21)13-10-20-8-11-22(12-9-20)24-17-26(30-5-2)29-18-25(24)27/h14-18,20,22H,3-13H2,1-2H3. The normalized spacial score (nSPS) is 18.9. The number of aromatic nitrogens is 2. The van der Waals surface area contributed by atoms with E-state index < -0.39 is 0 Å². The Balaban J connectivity index is 1.49. The number of halogens is 1. The first kappa shape index (κ1) is 22.5. The Kier molecular flexibility index (Phi) is 8.41. The minimum absolute atomic E-state index is 0.200. The molecule has 1 saturated carbocycles. The van der Waals surface area contributed by atoms with Gasteiger partial charge in [-0.15, -0.1) is 0 Å². The summed E-state index contributed by atoms with van der Waals surface area (Å²) in [6.45, 7) is 8.74. The fraction of sp³-hybridized carbons (Fsp3) is 0.538. The number of hydrogen-bond donors (Lipinski definition) is 0. The van der Waals surface area contributed by atoms with Gasteiger partial charge in [0.05, 0.1) is 12.8 Å². The van der Waals surface area contributed by atoms with Crippen molar-refractivity contribution < 1.29 is 9.13 Å². The Morgan fingerprint density at radius 1 is 1.13 bits per heavy atom. The summed E-state index contributed by atoms with van der Waals surface area (Å²) in [5.41, 5.74) is 4.63. The Bertz CT molecular complexity index is 828. The molecule has 0 aromatic carbocycles. The number of nitrogens with zero attached hydrogens (tertiary/aromatic N) is 2. The zero-order valence-electron chi connectivity index (χ0n) is 18.5. The molecule has 0 atom stereocenters. The van der Waals surface area contributed by atoms with Crippen molar-refractivity contribution in [2.75, 3.05) is 6.61 Å². The topological polar surface area (TPSA) is 35.0 Å². The number of rotatable bonds is 10. The summed E-state index contributed by atoms with van der Waals surface area (Å²) >= 11 is 0. The van der Waals surface area contributed by atoms with Crippen molar-refractivity contribution in [2.45, 2.75) is 77.6 Å². The number of aryl methyl sites for hydroxylation is 2. The lowest BCUT2D eigenvalue weighted by molar-refractivity contribution is 0.301. The van der Waals surface area contributed by atoms with Gasteiger partial charge in [-0.05, 0) is 99.8 Å². The van der Waals surface area contributed by atoms with Gasteiger partial charge in [-0.3, -0.25) is 4.98 Å². The van der Waals surface area contributed by atoms with Crippen LogP contribution in [0, 0.1) is 11.7 Å². The van der Waals surface area contributed by atoms with Gasteiger partial charge < -0.3 is 4.74 Å². The van der Waals surface area contributed by atoms with Gasteiger partial charge in [0, 0.05) is 18.0 Å². The van der Waals surface area contributed by atoms with Gasteiger partial charge >= 0.3 is 0 Å². The van der Waals surface area contributed by atoms with Gasteiger partial charge in [0.15, 0.2) is 0 Å². The lowest BCUT2D eigenvalue weighted by Crippen LogP contribution is -2.15. The van der Waals surface area contributed by atoms with Crippen molar-refractivity contribution in [2.24, 2.45) is 5.92 Å². The molecule has 2 aromatic rings. The van der Waals surface area contributed by atoms with Crippen LogP contribution in [-0.2, 0) is 12.8 Å². The van der Waals surface area contributed by atoms with E-state index in [1.807, 2.05) is 13.1 Å². The zero-order chi connectivity index (χ0) is 21.3. The number of ether oxygens (including phenoxy) is 1. The van der Waals surface area contributed by atoms with Crippen LogP contribution in [0.5, 0.6) is 5.88 Å². The molecule has 0 bridgehead atoms. The third kappa shape index (κ3) is 6.38. The highest BCUT2D eigenvalue weighted by molar-refractivity contribution is 5.26. The number of allylic oxidation sites excluding steroid dienone is 1. The van der Waals surface area contributed by atoms with Crippen LogP contribution in [-0.4, -0.2) is 16.6 Å². The quantitative estimate of drug-likeness (QED) is 0.403. The predicted molar refractivity (Wildman–Crippen MR) is 120 cm³/mol. The Morgan fingerprint density at radius 3 is 2.67 bits per heavy atom. The van der Waals surface area contributed by atoms with Gasteiger partial charge in [0.25, 0.3) is 0 Å². The summed E-state index contributed by atoms with van der Waals surface area (Å²) in [7, 11) is 0. The van der Waals surface area contributed by atoms with Crippen LogP contribution in [0.25, 0.3) is 0 Å². The highest BCUT2D eigenvalue weighted by Crippen LogP contribution is 2.39.